The van der Waals surface area contributed by atoms with Crippen LogP contribution in [0.3, 0.4) is 0 Å². The molecule has 1 aliphatic rings. The molecule has 124 valence electrons. The molecular formula is C16H21N3O3S. The molecule has 2 aromatic rings. The first kappa shape index (κ1) is 16.0. The van der Waals surface area contributed by atoms with E-state index >= 15 is 0 Å². The second-order valence-corrected chi connectivity index (χ2v) is 6.89. The number of urea groups is 1. The third-order valence-corrected chi connectivity index (χ3v) is 5.13. The minimum Gasteiger partial charge on any atom is -0.408 e. The highest BCUT2D eigenvalue weighted by Gasteiger charge is 2.21. The number of para-hydroxylation sites is 2. The summed E-state index contributed by atoms with van der Waals surface area (Å²) in [7, 11) is 0. The molecule has 3 rings (SSSR count). The number of carbonyl (C=O) groups is 1. The van der Waals surface area contributed by atoms with Crippen molar-refractivity contribution in [2.24, 2.45) is 0 Å². The normalized spacial score (nSPS) is 18.8. The number of amides is 2. The van der Waals surface area contributed by atoms with Crippen LogP contribution in [0.2, 0.25) is 0 Å². The van der Waals surface area contributed by atoms with Gasteiger partial charge < -0.3 is 14.6 Å². The molecule has 1 aromatic carbocycles. The molecule has 6 nitrogen and oxygen atoms in total. The Hall–Kier alpha value is -1.89. The maximum Gasteiger partial charge on any atom is 0.420 e. The van der Waals surface area contributed by atoms with Gasteiger partial charge in [-0.3, -0.25) is 4.57 Å². The molecule has 2 amide bonds. The summed E-state index contributed by atoms with van der Waals surface area (Å²) < 4.78 is 6.74. The number of nitrogens with zero attached hydrogens (tertiary/aromatic N) is 2. The van der Waals surface area contributed by atoms with E-state index in [0.717, 1.165) is 30.0 Å². The van der Waals surface area contributed by atoms with Gasteiger partial charge >= 0.3 is 11.8 Å². The molecule has 0 aliphatic carbocycles. The lowest BCUT2D eigenvalue weighted by Crippen LogP contribution is -2.46. The van der Waals surface area contributed by atoms with E-state index < -0.39 is 0 Å². The summed E-state index contributed by atoms with van der Waals surface area (Å²) in [5.74, 6) is 1.69. The summed E-state index contributed by atoms with van der Waals surface area (Å²) in [5, 5.41) is 2.92. The monoisotopic (exact) mass is 335 g/mol. The molecule has 1 aliphatic heterocycles. The van der Waals surface area contributed by atoms with Crippen molar-refractivity contribution < 1.29 is 9.21 Å². The largest absolute Gasteiger partial charge is 0.420 e. The van der Waals surface area contributed by atoms with Gasteiger partial charge in [-0.2, -0.15) is 11.8 Å². The van der Waals surface area contributed by atoms with Crippen LogP contribution in [0.4, 0.5) is 4.79 Å². The fourth-order valence-electron chi connectivity index (χ4n) is 2.80. The molecule has 1 N–H and O–H groups in total. The second-order valence-electron chi connectivity index (χ2n) is 5.66. The predicted molar refractivity (Wildman–Crippen MR) is 92.0 cm³/mol. The number of benzene rings is 1. The number of hydrogen-bond donors (Lipinski definition) is 1. The summed E-state index contributed by atoms with van der Waals surface area (Å²) in [4.78, 5) is 26.1. The standard InChI is InChI=1S/C16H21N3O3S/c1-12-6-10-23-11-9-18(12)15(20)17-7-8-19-13-4-2-3-5-14(13)22-16(19)21/h2-5,12H,6-11H2,1H3,(H,17,20). The van der Waals surface area contributed by atoms with Gasteiger partial charge in [0.2, 0.25) is 0 Å². The molecule has 0 spiro atoms. The van der Waals surface area contributed by atoms with Crippen LogP contribution in [0.5, 0.6) is 0 Å². The molecule has 7 heteroatoms. The van der Waals surface area contributed by atoms with Crippen LogP contribution in [0.25, 0.3) is 11.1 Å². The zero-order chi connectivity index (χ0) is 16.2. The maximum absolute atomic E-state index is 12.3. The van der Waals surface area contributed by atoms with Gasteiger partial charge in [0.15, 0.2) is 5.58 Å². The molecule has 0 radical (unpaired) electrons. The smallest absolute Gasteiger partial charge is 0.408 e. The summed E-state index contributed by atoms with van der Waals surface area (Å²) >= 11 is 1.89. The van der Waals surface area contributed by atoms with Crippen molar-refractivity contribution in [3.05, 3.63) is 34.8 Å². The zero-order valence-corrected chi connectivity index (χ0v) is 14.0. The van der Waals surface area contributed by atoms with Gasteiger partial charge in [0.1, 0.15) is 0 Å². The lowest BCUT2D eigenvalue weighted by molar-refractivity contribution is 0.182. The molecule has 1 atom stereocenters. The first-order valence-electron chi connectivity index (χ1n) is 7.87. The third-order valence-electron chi connectivity index (χ3n) is 4.13. The Bertz CT molecular complexity index is 739. The number of rotatable bonds is 3. The summed E-state index contributed by atoms with van der Waals surface area (Å²) in [6.07, 6.45) is 1.02. The Morgan fingerprint density at radius 1 is 1.39 bits per heavy atom. The minimum absolute atomic E-state index is 0.0548. The fraction of sp³-hybridized carbons (Fsp3) is 0.500. The van der Waals surface area contributed by atoms with Gasteiger partial charge in [-0.25, -0.2) is 9.59 Å². The van der Waals surface area contributed by atoms with E-state index in [2.05, 4.69) is 12.2 Å². The molecule has 0 saturated carbocycles. The lowest BCUT2D eigenvalue weighted by atomic mass is 10.2. The van der Waals surface area contributed by atoms with E-state index in [9.17, 15) is 9.59 Å². The third kappa shape index (κ3) is 3.55. The molecular weight excluding hydrogens is 314 g/mol. The Kier molecular flexibility index (Phi) is 4.95. The second kappa shape index (κ2) is 7.12. The maximum atomic E-state index is 12.3. The van der Waals surface area contributed by atoms with Gasteiger partial charge in [0, 0.05) is 31.4 Å². The first-order chi connectivity index (χ1) is 11.2. The van der Waals surface area contributed by atoms with Crippen molar-refractivity contribution >= 4 is 28.9 Å². The number of aromatic nitrogens is 1. The van der Waals surface area contributed by atoms with Gasteiger partial charge in [0.25, 0.3) is 0 Å². The highest BCUT2D eigenvalue weighted by molar-refractivity contribution is 7.99. The number of carbonyl (C=O) groups excluding carboxylic acids is 1. The number of nitrogens with one attached hydrogen (secondary N) is 1. The highest BCUT2D eigenvalue weighted by Crippen LogP contribution is 2.16. The highest BCUT2D eigenvalue weighted by atomic mass is 32.2. The molecule has 1 unspecified atom stereocenters. The lowest BCUT2D eigenvalue weighted by Gasteiger charge is -2.27. The Balaban J connectivity index is 1.61. The van der Waals surface area contributed by atoms with E-state index in [-0.39, 0.29) is 17.8 Å². The van der Waals surface area contributed by atoms with Gasteiger partial charge in [0.05, 0.1) is 5.52 Å². The van der Waals surface area contributed by atoms with E-state index in [4.69, 9.17) is 4.42 Å². The minimum atomic E-state index is -0.389. The fourth-order valence-corrected chi connectivity index (χ4v) is 3.84. The summed E-state index contributed by atoms with van der Waals surface area (Å²) in [5.41, 5.74) is 1.33. The molecule has 1 fully saturated rings. The van der Waals surface area contributed by atoms with Gasteiger partial charge in [-0.05, 0) is 31.2 Å². The van der Waals surface area contributed by atoms with E-state index in [1.807, 2.05) is 34.9 Å². The van der Waals surface area contributed by atoms with Crippen molar-refractivity contribution in [2.45, 2.75) is 25.9 Å². The van der Waals surface area contributed by atoms with Crippen LogP contribution in [-0.4, -0.2) is 46.1 Å². The van der Waals surface area contributed by atoms with Crippen LogP contribution in [0, 0.1) is 0 Å². The van der Waals surface area contributed by atoms with Crippen molar-refractivity contribution in [1.82, 2.24) is 14.8 Å². The van der Waals surface area contributed by atoms with Crippen LogP contribution in [-0.2, 0) is 6.54 Å². The van der Waals surface area contributed by atoms with Crippen molar-refractivity contribution in [3.8, 4) is 0 Å². The van der Waals surface area contributed by atoms with Gasteiger partial charge in [-0.1, -0.05) is 12.1 Å². The molecule has 23 heavy (non-hydrogen) atoms. The Morgan fingerprint density at radius 2 is 2.22 bits per heavy atom. The number of oxazole rings is 1. The van der Waals surface area contributed by atoms with E-state index in [1.165, 1.54) is 0 Å². The van der Waals surface area contributed by atoms with Crippen molar-refractivity contribution in [3.63, 3.8) is 0 Å². The molecule has 0 bridgehead atoms. The van der Waals surface area contributed by atoms with E-state index in [1.54, 1.807) is 10.6 Å². The molecule has 1 saturated heterocycles. The quantitative estimate of drug-likeness (QED) is 0.933. The average molecular weight is 335 g/mol. The van der Waals surface area contributed by atoms with E-state index in [0.29, 0.717) is 18.7 Å². The first-order valence-corrected chi connectivity index (χ1v) is 9.03. The molecule has 1 aromatic heterocycles. The number of fused-ring (bicyclic) bond motifs is 1. The summed E-state index contributed by atoms with van der Waals surface area (Å²) in [6, 6.07) is 7.50. The van der Waals surface area contributed by atoms with Crippen LogP contribution in [0.1, 0.15) is 13.3 Å². The van der Waals surface area contributed by atoms with Crippen LogP contribution < -0.4 is 11.1 Å². The topological polar surface area (TPSA) is 67.5 Å². The van der Waals surface area contributed by atoms with Crippen molar-refractivity contribution in [1.29, 1.82) is 0 Å². The van der Waals surface area contributed by atoms with Gasteiger partial charge in [-0.15, -0.1) is 0 Å². The zero-order valence-electron chi connectivity index (χ0n) is 13.2. The Morgan fingerprint density at radius 3 is 3.09 bits per heavy atom. The van der Waals surface area contributed by atoms with Crippen molar-refractivity contribution in [2.75, 3.05) is 24.6 Å². The number of thioether (sulfide) groups is 1. The Labute approximate surface area is 138 Å². The van der Waals surface area contributed by atoms with Crippen LogP contribution in [0.15, 0.2) is 33.5 Å². The summed E-state index contributed by atoms with van der Waals surface area (Å²) in [6.45, 7) is 3.66. The average Bonchev–Trinajstić information content (AvgIpc) is 2.70. The predicted octanol–water partition coefficient (Wildman–Crippen LogP) is 2.13. The number of hydrogen-bond acceptors (Lipinski definition) is 4. The molecule has 2 heterocycles. The van der Waals surface area contributed by atoms with Crippen LogP contribution >= 0.6 is 11.8 Å². The SMILES string of the molecule is CC1CCSCCN1C(=O)NCCn1c(=O)oc2ccccc21.